The molecule has 0 aliphatic carbocycles. The fourth-order valence-electron chi connectivity index (χ4n) is 1.22. The lowest BCUT2D eigenvalue weighted by Gasteiger charge is -2.15. The van der Waals surface area contributed by atoms with E-state index < -0.39 is 6.10 Å². The van der Waals surface area contributed by atoms with Crippen molar-refractivity contribution in [2.24, 2.45) is 0 Å². The Morgan fingerprint density at radius 2 is 2.00 bits per heavy atom. The number of likely N-dealkylation sites (tertiary alicyclic amines) is 1. The third kappa shape index (κ3) is 1.80. The molecule has 0 aromatic carbocycles. The summed E-state index contributed by atoms with van der Waals surface area (Å²) in [7, 11) is 0. The molecule has 11 heavy (non-hydrogen) atoms. The minimum absolute atomic E-state index is 0.322. The summed E-state index contributed by atoms with van der Waals surface area (Å²) in [6, 6.07) is 0. The topological polar surface area (TPSA) is 40.2 Å². The van der Waals surface area contributed by atoms with Crippen LogP contribution in [0, 0.1) is 0 Å². The van der Waals surface area contributed by atoms with Gasteiger partial charge in [-0.05, 0) is 12.8 Å². The zero-order valence-electron chi connectivity index (χ0n) is 6.45. The Morgan fingerprint density at radius 1 is 1.45 bits per heavy atom. The molecule has 0 aromatic heterocycles. The number of rotatable bonds is 2. The first kappa shape index (κ1) is 8.27. The van der Waals surface area contributed by atoms with Crippen LogP contribution in [0.15, 0.2) is 12.7 Å². The summed E-state index contributed by atoms with van der Waals surface area (Å²) in [5.41, 5.74) is 0. The van der Waals surface area contributed by atoms with Crippen LogP contribution >= 0.6 is 0 Å². The summed E-state index contributed by atoms with van der Waals surface area (Å²) in [5, 5.41) is 10.9. The molecule has 0 N–H and O–H groups in total. The maximum atomic E-state index is 11.1. The normalized spacial score (nSPS) is 19.9. The lowest BCUT2D eigenvalue weighted by molar-refractivity contribution is -0.139. The van der Waals surface area contributed by atoms with Gasteiger partial charge in [-0.25, -0.2) is 5.11 Å². The molecule has 1 aliphatic rings. The van der Waals surface area contributed by atoms with E-state index in [0.29, 0.717) is 0 Å². The number of carbonyl (C=O) groups excluding carboxylic acids is 1. The number of carbonyl (C=O) groups is 1. The van der Waals surface area contributed by atoms with Crippen molar-refractivity contribution in [2.75, 3.05) is 13.1 Å². The Balaban J connectivity index is 2.45. The smallest absolute Gasteiger partial charge is 0.259 e. The predicted molar refractivity (Wildman–Crippen MR) is 40.5 cm³/mol. The molecule has 0 saturated carbocycles. The van der Waals surface area contributed by atoms with Gasteiger partial charge in [0.25, 0.3) is 5.91 Å². The molecule has 0 aromatic rings. The van der Waals surface area contributed by atoms with E-state index in [2.05, 4.69) is 6.58 Å². The van der Waals surface area contributed by atoms with Crippen molar-refractivity contribution in [1.82, 2.24) is 4.90 Å². The van der Waals surface area contributed by atoms with Crippen molar-refractivity contribution in [3.8, 4) is 0 Å². The molecule has 1 heterocycles. The molecule has 0 bridgehead atoms. The van der Waals surface area contributed by atoms with Gasteiger partial charge < -0.3 is 4.90 Å². The van der Waals surface area contributed by atoms with E-state index in [9.17, 15) is 9.90 Å². The Bertz CT molecular complexity index is 161. The summed E-state index contributed by atoms with van der Waals surface area (Å²) in [6.07, 6.45) is 1.94. The van der Waals surface area contributed by atoms with Crippen LogP contribution in [0.2, 0.25) is 0 Å². The summed E-state index contributed by atoms with van der Waals surface area (Å²) in [4.78, 5) is 12.7. The summed E-state index contributed by atoms with van der Waals surface area (Å²) in [5.74, 6) is -0.322. The molecular weight excluding hydrogens is 142 g/mol. The first-order valence-corrected chi connectivity index (χ1v) is 3.83. The van der Waals surface area contributed by atoms with Crippen LogP contribution in [0.5, 0.6) is 0 Å². The van der Waals surface area contributed by atoms with Gasteiger partial charge in [-0.3, -0.25) is 4.79 Å². The molecule has 1 saturated heterocycles. The first-order chi connectivity index (χ1) is 5.25. The highest BCUT2D eigenvalue weighted by Gasteiger charge is 2.23. The Labute approximate surface area is 66.3 Å². The van der Waals surface area contributed by atoms with Gasteiger partial charge in [0.2, 0.25) is 0 Å². The van der Waals surface area contributed by atoms with Crippen LogP contribution in [0.4, 0.5) is 0 Å². The minimum Gasteiger partial charge on any atom is -0.340 e. The van der Waals surface area contributed by atoms with Crippen molar-refractivity contribution in [3.05, 3.63) is 12.7 Å². The molecule has 1 amide bonds. The second kappa shape index (κ2) is 3.53. The molecule has 61 valence electrons. The largest absolute Gasteiger partial charge is 0.340 e. The van der Waals surface area contributed by atoms with Crippen molar-refractivity contribution < 1.29 is 9.90 Å². The third-order valence-electron chi connectivity index (χ3n) is 1.88. The maximum Gasteiger partial charge on any atom is 0.259 e. The number of amides is 1. The Kier molecular flexibility index (Phi) is 2.65. The first-order valence-electron chi connectivity index (χ1n) is 3.83. The number of nitrogens with zero attached hydrogens (tertiary/aromatic N) is 1. The van der Waals surface area contributed by atoms with Gasteiger partial charge in [0.05, 0.1) is 0 Å². The van der Waals surface area contributed by atoms with Crippen LogP contribution in [0.25, 0.3) is 0 Å². The lowest BCUT2D eigenvalue weighted by atomic mass is 10.3. The van der Waals surface area contributed by atoms with Crippen molar-refractivity contribution >= 4 is 5.91 Å². The van der Waals surface area contributed by atoms with E-state index >= 15 is 0 Å². The third-order valence-corrected chi connectivity index (χ3v) is 1.88. The van der Waals surface area contributed by atoms with E-state index in [0.717, 1.165) is 32.0 Å². The monoisotopic (exact) mass is 154 g/mol. The van der Waals surface area contributed by atoms with Gasteiger partial charge in [-0.2, -0.15) is 0 Å². The predicted octanol–water partition coefficient (Wildman–Crippen LogP) is 0.594. The second-order valence-electron chi connectivity index (χ2n) is 2.69. The van der Waals surface area contributed by atoms with Gasteiger partial charge in [0.1, 0.15) is 0 Å². The SMILES string of the molecule is C=CC([O])C(=O)N1CCCC1. The molecule has 0 spiro atoms. The van der Waals surface area contributed by atoms with Gasteiger partial charge in [0.15, 0.2) is 6.10 Å². The summed E-state index contributed by atoms with van der Waals surface area (Å²) in [6.45, 7) is 4.78. The quantitative estimate of drug-likeness (QED) is 0.537. The van der Waals surface area contributed by atoms with Crippen LogP contribution < -0.4 is 0 Å². The second-order valence-corrected chi connectivity index (χ2v) is 2.69. The van der Waals surface area contributed by atoms with Crippen molar-refractivity contribution in [1.29, 1.82) is 0 Å². The van der Waals surface area contributed by atoms with Crippen molar-refractivity contribution in [2.45, 2.75) is 18.9 Å². The molecule has 1 fully saturated rings. The lowest BCUT2D eigenvalue weighted by Crippen LogP contribution is -2.35. The molecular formula is C8H12NO2. The average Bonchev–Trinajstić information content (AvgIpc) is 2.53. The van der Waals surface area contributed by atoms with Crippen LogP contribution in [-0.4, -0.2) is 30.0 Å². The standard InChI is InChI=1S/C8H12NO2/c1-2-7(10)8(11)9-5-3-4-6-9/h2,7H,1,3-6H2. The van der Waals surface area contributed by atoms with Crippen LogP contribution in [0.1, 0.15) is 12.8 Å². The Hall–Kier alpha value is -0.830. The Morgan fingerprint density at radius 3 is 2.45 bits per heavy atom. The highest BCUT2D eigenvalue weighted by molar-refractivity contribution is 5.82. The highest BCUT2D eigenvalue weighted by atomic mass is 16.3. The van der Waals surface area contributed by atoms with E-state index in [1.54, 1.807) is 4.90 Å². The molecule has 1 radical (unpaired) electrons. The van der Waals surface area contributed by atoms with E-state index in [1.165, 1.54) is 0 Å². The molecule has 1 unspecified atom stereocenters. The minimum atomic E-state index is -1.26. The molecule has 3 nitrogen and oxygen atoms in total. The van der Waals surface area contributed by atoms with E-state index in [-0.39, 0.29) is 5.91 Å². The zero-order valence-corrected chi connectivity index (χ0v) is 6.45. The average molecular weight is 154 g/mol. The van der Waals surface area contributed by atoms with Crippen LogP contribution in [0.3, 0.4) is 0 Å². The number of hydrogen-bond acceptors (Lipinski definition) is 1. The van der Waals surface area contributed by atoms with E-state index in [1.807, 2.05) is 0 Å². The van der Waals surface area contributed by atoms with Gasteiger partial charge in [-0.15, -0.1) is 0 Å². The fourth-order valence-corrected chi connectivity index (χ4v) is 1.22. The summed E-state index contributed by atoms with van der Waals surface area (Å²) < 4.78 is 0. The highest BCUT2D eigenvalue weighted by Crippen LogP contribution is 2.09. The fraction of sp³-hybridized carbons (Fsp3) is 0.625. The summed E-state index contributed by atoms with van der Waals surface area (Å²) >= 11 is 0. The van der Waals surface area contributed by atoms with Gasteiger partial charge in [0, 0.05) is 13.1 Å². The molecule has 1 rings (SSSR count). The van der Waals surface area contributed by atoms with Gasteiger partial charge >= 0.3 is 0 Å². The van der Waals surface area contributed by atoms with E-state index in [4.69, 9.17) is 0 Å². The zero-order chi connectivity index (χ0) is 8.27. The number of hydrogen-bond donors (Lipinski definition) is 0. The molecule has 3 heteroatoms. The van der Waals surface area contributed by atoms with Gasteiger partial charge in [-0.1, -0.05) is 12.7 Å². The van der Waals surface area contributed by atoms with Crippen molar-refractivity contribution in [3.63, 3.8) is 0 Å². The van der Waals surface area contributed by atoms with Crippen LogP contribution in [-0.2, 0) is 9.90 Å². The maximum absolute atomic E-state index is 11.1. The molecule has 1 aliphatic heterocycles. The molecule has 1 atom stereocenters.